The number of aryl methyl sites for hydroxylation is 1. The molecule has 0 bridgehead atoms. The van der Waals surface area contributed by atoms with E-state index >= 15 is 0 Å². The minimum absolute atomic E-state index is 0.140. The monoisotopic (exact) mass is 358 g/mol. The van der Waals surface area contributed by atoms with Crippen molar-refractivity contribution in [2.45, 2.75) is 39.7 Å². The number of aromatic nitrogens is 2. The fraction of sp³-hybridized carbons (Fsp3) is 0.526. The Morgan fingerprint density at radius 2 is 2.08 bits per heavy atom. The van der Waals surface area contributed by atoms with Crippen molar-refractivity contribution in [2.75, 3.05) is 26.2 Å². The molecule has 0 aliphatic carbocycles. The molecule has 1 amide bonds. The summed E-state index contributed by atoms with van der Waals surface area (Å²) in [5, 5.41) is 1.05. The third-order valence-corrected chi connectivity index (χ3v) is 5.93. The number of amides is 1. The van der Waals surface area contributed by atoms with Crippen molar-refractivity contribution in [2.24, 2.45) is 0 Å². The molecule has 3 rings (SSSR count). The van der Waals surface area contributed by atoms with E-state index in [9.17, 15) is 4.79 Å². The largest absolute Gasteiger partial charge is 0.337 e. The summed E-state index contributed by atoms with van der Waals surface area (Å²) >= 11 is 1.55. The SMILES string of the molecule is Cc1nc(C(C)C)sc1C(=O)N1CCCN(Cc2ccccn2)CC1. The van der Waals surface area contributed by atoms with E-state index in [4.69, 9.17) is 0 Å². The summed E-state index contributed by atoms with van der Waals surface area (Å²) in [4.78, 5) is 27.1. The molecular formula is C19H26N4OS. The van der Waals surface area contributed by atoms with Gasteiger partial charge in [0.05, 0.1) is 16.4 Å². The van der Waals surface area contributed by atoms with E-state index in [1.54, 1.807) is 11.3 Å². The van der Waals surface area contributed by atoms with Crippen molar-refractivity contribution >= 4 is 17.2 Å². The zero-order chi connectivity index (χ0) is 17.8. The lowest BCUT2D eigenvalue weighted by Gasteiger charge is -2.21. The van der Waals surface area contributed by atoms with Crippen LogP contribution in [0.15, 0.2) is 24.4 Å². The Morgan fingerprint density at radius 3 is 2.76 bits per heavy atom. The quantitative estimate of drug-likeness (QED) is 0.841. The van der Waals surface area contributed by atoms with E-state index in [0.717, 1.165) is 60.4 Å². The van der Waals surface area contributed by atoms with Gasteiger partial charge in [0, 0.05) is 44.8 Å². The molecule has 2 aromatic heterocycles. The second-order valence-corrected chi connectivity index (χ2v) is 7.89. The highest BCUT2D eigenvalue weighted by Gasteiger charge is 2.24. The van der Waals surface area contributed by atoms with E-state index in [1.165, 1.54) is 0 Å². The summed E-state index contributed by atoms with van der Waals surface area (Å²) in [7, 11) is 0. The Hall–Kier alpha value is -1.79. The molecule has 1 aliphatic heterocycles. The second kappa shape index (κ2) is 8.06. The zero-order valence-electron chi connectivity index (χ0n) is 15.2. The maximum Gasteiger partial charge on any atom is 0.265 e. The van der Waals surface area contributed by atoms with Gasteiger partial charge in [-0.1, -0.05) is 19.9 Å². The van der Waals surface area contributed by atoms with E-state index < -0.39 is 0 Å². The first-order chi connectivity index (χ1) is 12.0. The smallest absolute Gasteiger partial charge is 0.265 e. The summed E-state index contributed by atoms with van der Waals surface area (Å²) in [6.07, 6.45) is 2.83. The van der Waals surface area contributed by atoms with Crippen LogP contribution in [0.25, 0.3) is 0 Å². The molecule has 0 unspecified atom stereocenters. The number of carbonyl (C=O) groups excluding carboxylic acids is 1. The van der Waals surface area contributed by atoms with Crippen LogP contribution >= 0.6 is 11.3 Å². The number of pyridine rings is 1. The van der Waals surface area contributed by atoms with Crippen LogP contribution in [0.4, 0.5) is 0 Å². The number of carbonyl (C=O) groups is 1. The summed E-state index contributed by atoms with van der Waals surface area (Å²) in [5.74, 6) is 0.504. The molecule has 0 spiro atoms. The van der Waals surface area contributed by atoms with Crippen LogP contribution in [-0.4, -0.2) is 51.9 Å². The molecule has 5 nitrogen and oxygen atoms in total. The molecule has 6 heteroatoms. The first kappa shape index (κ1) is 18.0. The van der Waals surface area contributed by atoms with Gasteiger partial charge in [0.15, 0.2) is 0 Å². The molecule has 1 saturated heterocycles. The van der Waals surface area contributed by atoms with Gasteiger partial charge in [0.25, 0.3) is 5.91 Å². The molecular weight excluding hydrogens is 332 g/mol. The van der Waals surface area contributed by atoms with Gasteiger partial charge in [-0.15, -0.1) is 11.3 Å². The predicted octanol–water partition coefficient (Wildman–Crippen LogP) is 3.32. The molecule has 134 valence electrons. The van der Waals surface area contributed by atoms with Gasteiger partial charge in [-0.3, -0.25) is 14.7 Å². The van der Waals surface area contributed by atoms with Crippen LogP contribution in [0.5, 0.6) is 0 Å². The lowest BCUT2D eigenvalue weighted by Crippen LogP contribution is -2.35. The van der Waals surface area contributed by atoms with Crippen molar-refractivity contribution in [1.82, 2.24) is 19.8 Å². The molecule has 0 N–H and O–H groups in total. The van der Waals surface area contributed by atoms with Gasteiger partial charge in [0.2, 0.25) is 0 Å². The minimum atomic E-state index is 0.140. The van der Waals surface area contributed by atoms with E-state index in [0.29, 0.717) is 5.92 Å². The molecule has 1 aliphatic rings. The maximum absolute atomic E-state index is 12.9. The molecule has 0 saturated carbocycles. The number of hydrogen-bond acceptors (Lipinski definition) is 5. The molecule has 0 atom stereocenters. The third kappa shape index (κ3) is 4.44. The van der Waals surface area contributed by atoms with Gasteiger partial charge in [0.1, 0.15) is 4.88 Å². The highest BCUT2D eigenvalue weighted by atomic mass is 32.1. The van der Waals surface area contributed by atoms with E-state index in [1.807, 2.05) is 30.2 Å². The standard InChI is InChI=1S/C19H26N4OS/c1-14(2)18-21-15(3)17(25-18)19(24)23-10-6-9-22(11-12-23)13-16-7-4-5-8-20-16/h4-5,7-8,14H,6,9-13H2,1-3H3. The summed E-state index contributed by atoms with van der Waals surface area (Å²) in [6, 6.07) is 6.02. The maximum atomic E-state index is 12.9. The highest BCUT2D eigenvalue weighted by Crippen LogP contribution is 2.26. The van der Waals surface area contributed by atoms with E-state index in [-0.39, 0.29) is 5.91 Å². The van der Waals surface area contributed by atoms with Gasteiger partial charge in [-0.2, -0.15) is 0 Å². The van der Waals surface area contributed by atoms with Crippen molar-refractivity contribution in [3.05, 3.63) is 45.7 Å². The normalized spacial score (nSPS) is 16.2. The molecule has 2 aromatic rings. The van der Waals surface area contributed by atoms with Crippen LogP contribution in [0.1, 0.15) is 52.3 Å². The van der Waals surface area contributed by atoms with Gasteiger partial charge < -0.3 is 4.90 Å². The lowest BCUT2D eigenvalue weighted by atomic mass is 10.2. The fourth-order valence-electron chi connectivity index (χ4n) is 3.06. The molecule has 0 radical (unpaired) electrons. The zero-order valence-corrected chi connectivity index (χ0v) is 16.1. The van der Waals surface area contributed by atoms with Gasteiger partial charge >= 0.3 is 0 Å². The number of rotatable bonds is 4. The van der Waals surface area contributed by atoms with Crippen LogP contribution in [-0.2, 0) is 6.54 Å². The first-order valence-electron chi connectivity index (χ1n) is 8.93. The van der Waals surface area contributed by atoms with E-state index in [2.05, 4.69) is 34.8 Å². The average Bonchev–Trinajstić information content (AvgIpc) is 2.84. The van der Waals surface area contributed by atoms with Crippen molar-refractivity contribution < 1.29 is 4.79 Å². The van der Waals surface area contributed by atoms with Crippen molar-refractivity contribution in [3.63, 3.8) is 0 Å². The average molecular weight is 359 g/mol. The summed E-state index contributed by atoms with van der Waals surface area (Å²) in [6.45, 7) is 10.5. The van der Waals surface area contributed by atoms with Crippen LogP contribution in [0.2, 0.25) is 0 Å². The van der Waals surface area contributed by atoms with Crippen molar-refractivity contribution in [1.29, 1.82) is 0 Å². The van der Waals surface area contributed by atoms with Gasteiger partial charge in [-0.05, 0) is 25.5 Å². The predicted molar refractivity (Wildman–Crippen MR) is 101 cm³/mol. The molecule has 1 fully saturated rings. The molecule has 25 heavy (non-hydrogen) atoms. The summed E-state index contributed by atoms with van der Waals surface area (Å²) in [5.41, 5.74) is 1.95. The second-order valence-electron chi connectivity index (χ2n) is 6.86. The topological polar surface area (TPSA) is 49.3 Å². The number of thiazole rings is 1. The van der Waals surface area contributed by atoms with Gasteiger partial charge in [-0.25, -0.2) is 4.98 Å². The lowest BCUT2D eigenvalue weighted by molar-refractivity contribution is 0.0765. The first-order valence-corrected chi connectivity index (χ1v) is 9.75. The summed E-state index contributed by atoms with van der Waals surface area (Å²) < 4.78 is 0. The number of hydrogen-bond donors (Lipinski definition) is 0. The fourth-order valence-corrected chi connectivity index (χ4v) is 4.10. The van der Waals surface area contributed by atoms with Crippen LogP contribution < -0.4 is 0 Å². The Morgan fingerprint density at radius 1 is 1.24 bits per heavy atom. The Bertz CT molecular complexity index is 713. The number of nitrogens with zero attached hydrogens (tertiary/aromatic N) is 4. The minimum Gasteiger partial charge on any atom is -0.337 e. The van der Waals surface area contributed by atoms with Crippen molar-refractivity contribution in [3.8, 4) is 0 Å². The Kier molecular flexibility index (Phi) is 5.81. The van der Waals surface area contributed by atoms with Crippen LogP contribution in [0, 0.1) is 6.92 Å². The molecule has 3 heterocycles. The third-order valence-electron chi connectivity index (χ3n) is 4.49. The van der Waals surface area contributed by atoms with Crippen LogP contribution in [0.3, 0.4) is 0 Å². The Labute approximate surface area is 153 Å². The highest BCUT2D eigenvalue weighted by molar-refractivity contribution is 7.13. The molecule has 0 aromatic carbocycles. The Balaban J connectivity index is 1.63.